The van der Waals surface area contributed by atoms with Crippen LogP contribution in [0.15, 0.2) is 30.5 Å². The van der Waals surface area contributed by atoms with Gasteiger partial charge in [-0.2, -0.15) is 0 Å². The number of amides is 1. The van der Waals surface area contributed by atoms with Crippen molar-refractivity contribution in [2.75, 3.05) is 18.9 Å². The second-order valence-electron chi connectivity index (χ2n) is 6.21. The lowest BCUT2D eigenvalue weighted by molar-refractivity contribution is 0.102. The first-order chi connectivity index (χ1) is 12.1. The Balaban J connectivity index is 1.49. The highest BCUT2D eigenvalue weighted by Gasteiger charge is 2.20. The van der Waals surface area contributed by atoms with Gasteiger partial charge < -0.3 is 4.90 Å². The Hall–Kier alpha value is -2.58. The van der Waals surface area contributed by atoms with Crippen LogP contribution in [0.1, 0.15) is 26.6 Å². The van der Waals surface area contributed by atoms with Gasteiger partial charge in [-0.05, 0) is 26.1 Å². The number of fused-ring (bicyclic) bond motifs is 1. The molecule has 7 nitrogen and oxygen atoms in total. The third kappa shape index (κ3) is 3.31. The van der Waals surface area contributed by atoms with Crippen molar-refractivity contribution in [1.29, 1.82) is 0 Å². The number of rotatable bonds is 3. The molecule has 0 fully saturated rings. The van der Waals surface area contributed by atoms with Crippen molar-refractivity contribution in [3.63, 3.8) is 0 Å². The van der Waals surface area contributed by atoms with Crippen molar-refractivity contribution < 1.29 is 4.79 Å². The van der Waals surface area contributed by atoms with Gasteiger partial charge in [-0.15, -0.1) is 16.4 Å². The quantitative estimate of drug-likeness (QED) is 0.781. The van der Waals surface area contributed by atoms with Crippen LogP contribution in [0.4, 0.5) is 5.13 Å². The number of benzene rings is 1. The summed E-state index contributed by atoms with van der Waals surface area (Å²) in [5, 5.41) is 11.5. The van der Waals surface area contributed by atoms with E-state index >= 15 is 0 Å². The summed E-state index contributed by atoms with van der Waals surface area (Å²) in [7, 11) is 2.09. The van der Waals surface area contributed by atoms with Gasteiger partial charge in [-0.25, -0.2) is 9.67 Å². The fourth-order valence-electron chi connectivity index (χ4n) is 2.73. The van der Waals surface area contributed by atoms with E-state index < -0.39 is 0 Å². The largest absolute Gasteiger partial charge is 0.301 e. The standard InChI is InChI=1S/C17H18N6OS/c1-11-3-5-12(6-4-11)23-9-14(20-21-23)16(24)19-17-18-13-7-8-22(2)10-15(13)25-17/h3-6,9H,7-8,10H2,1-2H3,(H,18,19,24). The Morgan fingerprint density at radius 1 is 1.28 bits per heavy atom. The van der Waals surface area contributed by atoms with Gasteiger partial charge in [0.1, 0.15) is 0 Å². The molecule has 1 aromatic carbocycles. The minimum absolute atomic E-state index is 0.269. The zero-order valence-electron chi connectivity index (χ0n) is 14.1. The molecule has 25 heavy (non-hydrogen) atoms. The zero-order chi connectivity index (χ0) is 17.4. The van der Waals surface area contributed by atoms with Gasteiger partial charge in [0.2, 0.25) is 0 Å². The maximum Gasteiger partial charge on any atom is 0.279 e. The summed E-state index contributed by atoms with van der Waals surface area (Å²) in [6, 6.07) is 7.87. The molecule has 4 rings (SSSR count). The number of aryl methyl sites for hydroxylation is 1. The van der Waals surface area contributed by atoms with Crippen LogP contribution < -0.4 is 5.32 Å². The molecule has 8 heteroatoms. The van der Waals surface area contributed by atoms with Crippen molar-refractivity contribution in [2.24, 2.45) is 0 Å². The second kappa shape index (κ2) is 6.38. The van der Waals surface area contributed by atoms with Crippen LogP contribution in [-0.4, -0.2) is 44.4 Å². The summed E-state index contributed by atoms with van der Waals surface area (Å²) < 4.78 is 1.59. The lowest BCUT2D eigenvalue weighted by Crippen LogP contribution is -2.25. The van der Waals surface area contributed by atoms with Crippen molar-refractivity contribution >= 4 is 22.4 Å². The number of aromatic nitrogens is 4. The molecular formula is C17H18N6OS. The molecule has 3 aromatic rings. The summed E-state index contributed by atoms with van der Waals surface area (Å²) in [6.07, 6.45) is 2.54. The molecule has 0 atom stereocenters. The number of nitrogens with zero attached hydrogens (tertiary/aromatic N) is 5. The Morgan fingerprint density at radius 2 is 2.08 bits per heavy atom. The highest BCUT2D eigenvalue weighted by atomic mass is 32.1. The molecule has 128 valence electrons. The normalized spacial score (nSPS) is 14.3. The first kappa shape index (κ1) is 15.9. The average molecular weight is 354 g/mol. The van der Waals surface area contributed by atoms with Crippen molar-refractivity contribution in [2.45, 2.75) is 19.9 Å². The van der Waals surface area contributed by atoms with E-state index in [4.69, 9.17) is 0 Å². The summed E-state index contributed by atoms with van der Waals surface area (Å²) in [4.78, 5) is 20.4. The summed E-state index contributed by atoms with van der Waals surface area (Å²) in [6.45, 7) is 3.90. The van der Waals surface area contributed by atoms with Crippen LogP contribution >= 0.6 is 11.3 Å². The lowest BCUT2D eigenvalue weighted by atomic mass is 10.2. The number of thiazole rings is 1. The molecule has 1 aliphatic heterocycles. The van der Waals surface area contributed by atoms with Crippen LogP contribution in [0.25, 0.3) is 5.69 Å². The molecule has 2 aromatic heterocycles. The number of nitrogens with one attached hydrogen (secondary N) is 1. The first-order valence-corrected chi connectivity index (χ1v) is 8.88. The fourth-order valence-corrected chi connectivity index (χ4v) is 3.81. The molecular weight excluding hydrogens is 336 g/mol. The van der Waals surface area contributed by atoms with Crippen LogP contribution in [0.5, 0.6) is 0 Å². The molecule has 0 saturated carbocycles. The van der Waals surface area contributed by atoms with E-state index in [1.165, 1.54) is 21.8 Å². The van der Waals surface area contributed by atoms with Gasteiger partial charge >= 0.3 is 0 Å². The predicted molar refractivity (Wildman–Crippen MR) is 96.2 cm³/mol. The van der Waals surface area contributed by atoms with E-state index in [0.717, 1.165) is 30.9 Å². The van der Waals surface area contributed by atoms with Gasteiger partial charge in [0.25, 0.3) is 5.91 Å². The maximum atomic E-state index is 12.4. The van der Waals surface area contributed by atoms with Crippen LogP contribution in [-0.2, 0) is 13.0 Å². The van der Waals surface area contributed by atoms with E-state index in [0.29, 0.717) is 5.13 Å². The SMILES string of the molecule is Cc1ccc(-n2cc(C(=O)Nc3nc4c(s3)CN(C)CC4)nn2)cc1. The minimum Gasteiger partial charge on any atom is -0.301 e. The fraction of sp³-hybridized carbons (Fsp3) is 0.294. The minimum atomic E-state index is -0.294. The number of hydrogen-bond acceptors (Lipinski definition) is 6. The number of carbonyl (C=O) groups excluding carboxylic acids is 1. The molecule has 1 aliphatic rings. The van der Waals surface area contributed by atoms with Gasteiger partial charge in [-0.3, -0.25) is 10.1 Å². The number of likely N-dealkylation sites (N-methyl/N-ethyl adjacent to an activating group) is 1. The summed E-state index contributed by atoms with van der Waals surface area (Å²) in [5.74, 6) is -0.294. The maximum absolute atomic E-state index is 12.4. The third-order valence-corrected chi connectivity index (χ3v) is 5.16. The Labute approximate surface area is 149 Å². The van der Waals surface area contributed by atoms with E-state index in [2.05, 4.69) is 32.6 Å². The molecule has 0 saturated heterocycles. The van der Waals surface area contributed by atoms with Crippen molar-refractivity contribution in [3.8, 4) is 5.69 Å². The molecule has 0 aliphatic carbocycles. The lowest BCUT2D eigenvalue weighted by Gasteiger charge is -2.20. The van der Waals surface area contributed by atoms with E-state index in [1.54, 1.807) is 10.9 Å². The second-order valence-corrected chi connectivity index (χ2v) is 7.30. The van der Waals surface area contributed by atoms with Crippen molar-refractivity contribution in [3.05, 3.63) is 52.3 Å². The van der Waals surface area contributed by atoms with Crippen LogP contribution in [0.2, 0.25) is 0 Å². The van der Waals surface area contributed by atoms with E-state index in [1.807, 2.05) is 31.2 Å². The molecule has 0 unspecified atom stereocenters. The van der Waals surface area contributed by atoms with E-state index in [9.17, 15) is 4.79 Å². The third-order valence-electron chi connectivity index (χ3n) is 4.17. The van der Waals surface area contributed by atoms with Gasteiger partial charge in [0, 0.05) is 24.4 Å². The van der Waals surface area contributed by atoms with Crippen LogP contribution in [0.3, 0.4) is 0 Å². The van der Waals surface area contributed by atoms with Gasteiger partial charge in [-0.1, -0.05) is 22.9 Å². The summed E-state index contributed by atoms with van der Waals surface area (Å²) in [5.41, 5.74) is 3.39. The predicted octanol–water partition coefficient (Wildman–Crippen LogP) is 2.27. The first-order valence-electron chi connectivity index (χ1n) is 8.06. The number of anilines is 1. The molecule has 0 spiro atoms. The molecule has 3 heterocycles. The average Bonchev–Trinajstić information content (AvgIpc) is 3.21. The summed E-state index contributed by atoms with van der Waals surface area (Å²) >= 11 is 1.53. The molecule has 1 amide bonds. The molecule has 0 radical (unpaired) electrons. The van der Waals surface area contributed by atoms with E-state index in [-0.39, 0.29) is 11.6 Å². The van der Waals surface area contributed by atoms with Gasteiger partial charge in [0.05, 0.1) is 17.6 Å². The Kier molecular flexibility index (Phi) is 4.06. The van der Waals surface area contributed by atoms with Crippen LogP contribution in [0, 0.1) is 6.92 Å². The monoisotopic (exact) mass is 354 g/mol. The van der Waals surface area contributed by atoms with Gasteiger partial charge in [0.15, 0.2) is 10.8 Å². The number of hydrogen-bond donors (Lipinski definition) is 1. The van der Waals surface area contributed by atoms with Crippen molar-refractivity contribution in [1.82, 2.24) is 24.9 Å². The highest BCUT2D eigenvalue weighted by molar-refractivity contribution is 7.15. The smallest absolute Gasteiger partial charge is 0.279 e. The number of carbonyl (C=O) groups is 1. The zero-order valence-corrected chi connectivity index (χ0v) is 14.9. The molecule has 1 N–H and O–H groups in total. The topological polar surface area (TPSA) is 75.9 Å². The Bertz CT molecular complexity index is 914. The highest BCUT2D eigenvalue weighted by Crippen LogP contribution is 2.27. The Morgan fingerprint density at radius 3 is 2.88 bits per heavy atom. The molecule has 0 bridgehead atoms.